The lowest BCUT2D eigenvalue weighted by Crippen LogP contribution is -2.41. The molecule has 0 bridgehead atoms. The van der Waals surface area contributed by atoms with Crippen molar-refractivity contribution in [2.45, 2.75) is 32.4 Å². The second-order valence-corrected chi connectivity index (χ2v) is 7.43. The van der Waals surface area contributed by atoms with Crippen LogP contribution in [0.3, 0.4) is 0 Å². The lowest BCUT2D eigenvalue weighted by Gasteiger charge is -2.22. The molecule has 2 aliphatic heterocycles. The fourth-order valence-electron chi connectivity index (χ4n) is 3.30. The van der Waals surface area contributed by atoms with Crippen molar-refractivity contribution >= 4 is 23.9 Å². The van der Waals surface area contributed by atoms with E-state index in [1.807, 2.05) is 0 Å². The maximum absolute atomic E-state index is 12.3. The number of carbonyl (C=O) groups is 4. The van der Waals surface area contributed by atoms with Crippen LogP contribution < -0.4 is 16.0 Å². The second kappa shape index (κ2) is 6.57. The largest absolute Gasteiger partial charge is 0.481 e. The predicted octanol–water partition coefficient (Wildman–Crippen LogP) is 0.747. The van der Waals surface area contributed by atoms with E-state index in [9.17, 15) is 24.3 Å². The predicted molar refractivity (Wildman–Crippen MR) is 94.6 cm³/mol. The Bertz CT molecular complexity index is 808. The molecule has 2 heterocycles. The standard InChI is InChI=1S/C18H22N4O5/c1-17(14(24)25)7-8-22(10-17)16(27)19-9-11-3-5-12(6-4-11)18(2)13(23)20-15(26)21-18/h3-6H,7-10H2,1-2H3,(H,19,27)(H,24,25)(H2,20,21,23,26). The first-order valence-corrected chi connectivity index (χ1v) is 8.63. The number of aliphatic carboxylic acids is 1. The maximum Gasteiger partial charge on any atom is 0.322 e. The first-order valence-electron chi connectivity index (χ1n) is 8.63. The van der Waals surface area contributed by atoms with Gasteiger partial charge in [-0.25, -0.2) is 9.59 Å². The average molecular weight is 374 g/mol. The molecule has 0 radical (unpaired) electrons. The number of amides is 5. The molecule has 1 aromatic rings. The van der Waals surface area contributed by atoms with Crippen LogP contribution in [0.15, 0.2) is 24.3 Å². The quantitative estimate of drug-likeness (QED) is 0.578. The van der Waals surface area contributed by atoms with Crippen molar-refractivity contribution in [2.75, 3.05) is 13.1 Å². The first kappa shape index (κ1) is 18.7. The summed E-state index contributed by atoms with van der Waals surface area (Å²) in [7, 11) is 0. The summed E-state index contributed by atoms with van der Waals surface area (Å²) in [6.07, 6.45) is 0.427. The van der Waals surface area contributed by atoms with Gasteiger partial charge in [0.25, 0.3) is 5.91 Å². The van der Waals surface area contributed by atoms with Crippen LogP contribution in [-0.2, 0) is 21.7 Å². The Balaban J connectivity index is 1.58. The van der Waals surface area contributed by atoms with Crippen LogP contribution >= 0.6 is 0 Å². The van der Waals surface area contributed by atoms with Gasteiger partial charge in [-0.3, -0.25) is 14.9 Å². The van der Waals surface area contributed by atoms with E-state index in [2.05, 4.69) is 16.0 Å². The third-order valence-electron chi connectivity index (χ3n) is 5.30. The Kier molecular flexibility index (Phi) is 4.54. The number of benzene rings is 1. The monoisotopic (exact) mass is 374 g/mol. The van der Waals surface area contributed by atoms with Crippen LogP contribution in [0.25, 0.3) is 0 Å². The molecule has 5 amide bonds. The van der Waals surface area contributed by atoms with Crippen LogP contribution in [0.5, 0.6) is 0 Å². The Labute approximate surface area is 156 Å². The van der Waals surface area contributed by atoms with Crippen molar-refractivity contribution in [1.82, 2.24) is 20.9 Å². The van der Waals surface area contributed by atoms with Crippen molar-refractivity contribution in [1.29, 1.82) is 0 Å². The molecule has 0 aliphatic carbocycles. The normalized spacial score (nSPS) is 27.3. The number of hydrogen-bond donors (Lipinski definition) is 4. The molecule has 9 heteroatoms. The third kappa shape index (κ3) is 3.44. The molecule has 2 atom stereocenters. The first-order chi connectivity index (χ1) is 12.6. The molecule has 144 valence electrons. The molecule has 1 aromatic carbocycles. The van der Waals surface area contributed by atoms with E-state index in [0.717, 1.165) is 5.56 Å². The zero-order valence-electron chi connectivity index (χ0n) is 15.2. The van der Waals surface area contributed by atoms with Crippen LogP contribution in [0.2, 0.25) is 0 Å². The minimum atomic E-state index is -1.12. The van der Waals surface area contributed by atoms with Crippen molar-refractivity contribution in [2.24, 2.45) is 5.41 Å². The molecule has 3 rings (SSSR count). The molecule has 2 unspecified atom stereocenters. The van der Waals surface area contributed by atoms with Crippen molar-refractivity contribution in [3.63, 3.8) is 0 Å². The molecule has 2 saturated heterocycles. The highest BCUT2D eigenvalue weighted by Gasteiger charge is 2.43. The number of likely N-dealkylation sites (tertiary alicyclic amines) is 1. The summed E-state index contributed by atoms with van der Waals surface area (Å²) < 4.78 is 0. The van der Waals surface area contributed by atoms with E-state index in [-0.39, 0.29) is 19.1 Å². The number of hydrogen-bond acceptors (Lipinski definition) is 4. The van der Waals surface area contributed by atoms with Gasteiger partial charge >= 0.3 is 18.0 Å². The molecule has 0 spiro atoms. The number of carboxylic acids is 1. The van der Waals surface area contributed by atoms with E-state index < -0.39 is 28.9 Å². The summed E-state index contributed by atoms with van der Waals surface area (Å²) in [5, 5.41) is 16.8. The van der Waals surface area contributed by atoms with Crippen LogP contribution in [0.1, 0.15) is 31.4 Å². The van der Waals surface area contributed by atoms with E-state index in [1.54, 1.807) is 38.1 Å². The molecule has 0 saturated carbocycles. The molecule has 0 aromatic heterocycles. The lowest BCUT2D eigenvalue weighted by atomic mass is 9.90. The number of carbonyl (C=O) groups excluding carboxylic acids is 3. The molecule has 9 nitrogen and oxygen atoms in total. The van der Waals surface area contributed by atoms with Crippen LogP contribution in [0, 0.1) is 5.41 Å². The second-order valence-electron chi connectivity index (χ2n) is 7.43. The number of urea groups is 2. The van der Waals surface area contributed by atoms with Crippen molar-refractivity contribution in [3.8, 4) is 0 Å². The summed E-state index contributed by atoms with van der Waals surface area (Å²) in [6.45, 7) is 4.12. The third-order valence-corrected chi connectivity index (χ3v) is 5.30. The van der Waals surface area contributed by atoms with Gasteiger partial charge in [0.15, 0.2) is 0 Å². The zero-order chi connectivity index (χ0) is 19.8. The van der Waals surface area contributed by atoms with Crippen LogP contribution in [0.4, 0.5) is 9.59 Å². The Morgan fingerprint density at radius 2 is 1.89 bits per heavy atom. The van der Waals surface area contributed by atoms with Crippen molar-refractivity contribution < 1.29 is 24.3 Å². The minimum absolute atomic E-state index is 0.181. The smallest absolute Gasteiger partial charge is 0.322 e. The fraction of sp³-hybridized carbons (Fsp3) is 0.444. The van der Waals surface area contributed by atoms with Gasteiger partial charge < -0.3 is 20.6 Å². The zero-order valence-corrected chi connectivity index (χ0v) is 15.2. The van der Waals surface area contributed by atoms with E-state index in [1.165, 1.54) is 4.90 Å². The Hall–Kier alpha value is -3.10. The summed E-state index contributed by atoms with van der Waals surface area (Å²) in [5.74, 6) is -1.31. The minimum Gasteiger partial charge on any atom is -0.481 e. The Morgan fingerprint density at radius 3 is 2.41 bits per heavy atom. The van der Waals surface area contributed by atoms with E-state index >= 15 is 0 Å². The van der Waals surface area contributed by atoms with Gasteiger partial charge in [-0.05, 0) is 31.4 Å². The molecular formula is C18H22N4O5. The Morgan fingerprint density at radius 1 is 1.22 bits per heavy atom. The van der Waals surface area contributed by atoms with Gasteiger partial charge in [0.2, 0.25) is 0 Å². The molecule has 4 N–H and O–H groups in total. The molecule has 27 heavy (non-hydrogen) atoms. The van der Waals surface area contributed by atoms with Gasteiger partial charge in [0.1, 0.15) is 5.54 Å². The van der Waals surface area contributed by atoms with Gasteiger partial charge in [0, 0.05) is 19.6 Å². The van der Waals surface area contributed by atoms with Gasteiger partial charge in [-0.15, -0.1) is 0 Å². The summed E-state index contributed by atoms with van der Waals surface area (Å²) in [4.78, 5) is 48.4. The van der Waals surface area contributed by atoms with Crippen molar-refractivity contribution in [3.05, 3.63) is 35.4 Å². The highest BCUT2D eigenvalue weighted by molar-refractivity contribution is 6.07. The highest BCUT2D eigenvalue weighted by Crippen LogP contribution is 2.30. The number of nitrogens with one attached hydrogen (secondary N) is 3. The van der Waals surface area contributed by atoms with Gasteiger partial charge in [-0.1, -0.05) is 24.3 Å². The molecule has 2 aliphatic rings. The van der Waals surface area contributed by atoms with Crippen LogP contribution in [-0.4, -0.2) is 47.0 Å². The number of carboxylic acid groups (broad SMARTS) is 1. The summed E-state index contributed by atoms with van der Waals surface area (Å²) in [5.41, 5.74) is -0.561. The molecular weight excluding hydrogens is 352 g/mol. The molecule has 2 fully saturated rings. The van der Waals surface area contributed by atoms with E-state index in [0.29, 0.717) is 18.5 Å². The average Bonchev–Trinajstić information content (AvgIpc) is 3.15. The number of nitrogens with zero attached hydrogens (tertiary/aromatic N) is 1. The van der Waals surface area contributed by atoms with E-state index in [4.69, 9.17) is 0 Å². The fourth-order valence-corrected chi connectivity index (χ4v) is 3.30. The highest BCUT2D eigenvalue weighted by atomic mass is 16.4. The number of imide groups is 1. The lowest BCUT2D eigenvalue weighted by molar-refractivity contribution is -0.147. The summed E-state index contributed by atoms with van der Waals surface area (Å²) in [6, 6.07) is 6.15. The SMILES string of the molecule is CC1(C(=O)O)CCN(C(=O)NCc2ccc(C3(C)NC(=O)NC3=O)cc2)C1. The van der Waals surface area contributed by atoms with Gasteiger partial charge in [0.05, 0.1) is 5.41 Å². The summed E-state index contributed by atoms with van der Waals surface area (Å²) >= 11 is 0. The number of rotatable bonds is 4. The van der Waals surface area contributed by atoms with Gasteiger partial charge in [-0.2, -0.15) is 0 Å². The topological polar surface area (TPSA) is 128 Å². The maximum atomic E-state index is 12.3.